The summed E-state index contributed by atoms with van der Waals surface area (Å²) in [7, 11) is 0. The third-order valence-corrected chi connectivity index (χ3v) is 4.80. The Morgan fingerprint density at radius 1 is 0.640 bits per heavy atom. The smallest absolute Gasteiger partial charge is 0.264 e. The van der Waals surface area contributed by atoms with Crippen molar-refractivity contribution in [1.29, 1.82) is 0 Å². The summed E-state index contributed by atoms with van der Waals surface area (Å²) in [6, 6.07) is 24.3. The van der Waals surface area contributed by atoms with Gasteiger partial charge in [0.25, 0.3) is 5.91 Å². The van der Waals surface area contributed by atoms with E-state index >= 15 is 0 Å². The fraction of sp³-hybridized carbons (Fsp3) is 0.0952. The minimum Gasteiger partial charge on any atom is -0.376 e. The van der Waals surface area contributed by atoms with E-state index in [9.17, 15) is 15.0 Å². The number of carbonyl (C=O) groups excluding carboxylic acids is 1. The molecule has 0 saturated heterocycles. The Morgan fingerprint density at radius 3 is 1.72 bits per heavy atom. The molecule has 0 fully saturated rings. The van der Waals surface area contributed by atoms with Crippen LogP contribution in [0.5, 0.6) is 0 Å². The number of nitrogens with one attached hydrogen (secondary N) is 1. The third-order valence-electron chi connectivity index (χ3n) is 4.80. The maximum Gasteiger partial charge on any atom is 0.264 e. The number of hydrogen-bond donors (Lipinski definition) is 3. The Bertz CT molecular complexity index is 926. The topological polar surface area (TPSA) is 69.6 Å². The number of para-hydroxylation sites is 1. The molecule has 3 aromatic rings. The van der Waals surface area contributed by atoms with Crippen LogP contribution in [0.2, 0.25) is 0 Å². The van der Waals surface area contributed by atoms with Crippen LogP contribution in [0.1, 0.15) is 16.7 Å². The number of fused-ring (bicyclic) bond motifs is 1. The van der Waals surface area contributed by atoms with Crippen LogP contribution in [0.25, 0.3) is 0 Å². The van der Waals surface area contributed by atoms with E-state index in [2.05, 4.69) is 5.32 Å². The average molecular weight is 331 g/mol. The molecule has 1 heterocycles. The number of hydrogen-bond acceptors (Lipinski definition) is 3. The molecular formula is C21H17NO3. The highest BCUT2D eigenvalue weighted by Gasteiger charge is 2.61. The van der Waals surface area contributed by atoms with E-state index in [-0.39, 0.29) is 0 Å². The fourth-order valence-electron chi connectivity index (χ4n) is 3.54. The largest absolute Gasteiger partial charge is 0.376 e. The predicted octanol–water partition coefficient (Wildman–Crippen LogP) is 2.76. The van der Waals surface area contributed by atoms with Gasteiger partial charge < -0.3 is 15.5 Å². The van der Waals surface area contributed by atoms with Gasteiger partial charge >= 0.3 is 0 Å². The van der Waals surface area contributed by atoms with E-state index in [1.807, 2.05) is 6.07 Å². The predicted molar refractivity (Wildman–Crippen MR) is 94.9 cm³/mol. The lowest BCUT2D eigenvalue weighted by atomic mass is 9.66. The SMILES string of the molecule is O=C1Nc2ccccc2C(O)(c2ccccc2)C1(O)c1ccccc1. The van der Waals surface area contributed by atoms with Gasteiger partial charge in [0.2, 0.25) is 5.60 Å². The Kier molecular flexibility index (Phi) is 3.46. The van der Waals surface area contributed by atoms with E-state index in [1.165, 1.54) is 0 Å². The molecule has 4 heteroatoms. The second-order valence-corrected chi connectivity index (χ2v) is 6.15. The third kappa shape index (κ3) is 2.05. The van der Waals surface area contributed by atoms with E-state index < -0.39 is 17.1 Å². The lowest BCUT2D eigenvalue weighted by molar-refractivity contribution is -0.169. The van der Waals surface area contributed by atoms with Crippen molar-refractivity contribution in [1.82, 2.24) is 0 Å². The zero-order valence-corrected chi connectivity index (χ0v) is 13.4. The minimum atomic E-state index is -2.16. The maximum absolute atomic E-state index is 12.9. The van der Waals surface area contributed by atoms with Crippen molar-refractivity contribution in [3.63, 3.8) is 0 Å². The second kappa shape index (κ2) is 5.55. The van der Waals surface area contributed by atoms with Gasteiger partial charge in [-0.2, -0.15) is 0 Å². The summed E-state index contributed by atoms with van der Waals surface area (Å²) in [6.07, 6.45) is 0. The van der Waals surface area contributed by atoms with Gasteiger partial charge in [-0.1, -0.05) is 78.9 Å². The monoisotopic (exact) mass is 331 g/mol. The molecule has 0 saturated carbocycles. The van der Waals surface area contributed by atoms with Gasteiger partial charge in [0.15, 0.2) is 5.60 Å². The molecular weight excluding hydrogens is 314 g/mol. The van der Waals surface area contributed by atoms with Crippen LogP contribution in [0.3, 0.4) is 0 Å². The summed E-state index contributed by atoms with van der Waals surface area (Å²) in [4.78, 5) is 12.9. The van der Waals surface area contributed by atoms with Crippen molar-refractivity contribution in [2.75, 3.05) is 5.32 Å². The van der Waals surface area contributed by atoms with Crippen molar-refractivity contribution in [2.24, 2.45) is 0 Å². The van der Waals surface area contributed by atoms with E-state index in [0.29, 0.717) is 22.4 Å². The Balaban J connectivity index is 2.08. The molecule has 1 aliphatic heterocycles. The fourth-order valence-corrected chi connectivity index (χ4v) is 3.54. The molecule has 1 aliphatic rings. The quantitative estimate of drug-likeness (QED) is 0.676. The number of benzene rings is 3. The standard InChI is InChI=1S/C21H17NO3/c23-19-21(25,16-11-5-2-6-12-16)20(24,15-9-3-1-4-10-15)17-13-7-8-14-18(17)22-19/h1-14,24-25H,(H,22,23). The molecule has 4 rings (SSSR count). The minimum absolute atomic E-state index is 0.327. The van der Waals surface area contributed by atoms with Crippen LogP contribution >= 0.6 is 0 Å². The molecule has 25 heavy (non-hydrogen) atoms. The normalized spacial score (nSPS) is 25.1. The summed E-state index contributed by atoms with van der Waals surface area (Å²) in [5, 5.41) is 26.1. The van der Waals surface area contributed by atoms with Gasteiger partial charge in [-0.15, -0.1) is 0 Å². The number of aliphatic hydroxyl groups is 2. The summed E-state index contributed by atoms with van der Waals surface area (Å²) < 4.78 is 0. The Morgan fingerprint density at radius 2 is 1.12 bits per heavy atom. The summed E-state index contributed by atoms with van der Waals surface area (Å²) in [5.41, 5.74) is -2.37. The molecule has 2 unspecified atom stereocenters. The molecule has 2 atom stereocenters. The average Bonchev–Trinajstić information content (AvgIpc) is 2.67. The van der Waals surface area contributed by atoms with Crippen LogP contribution in [0.4, 0.5) is 5.69 Å². The summed E-state index contributed by atoms with van der Waals surface area (Å²) >= 11 is 0. The maximum atomic E-state index is 12.9. The zero-order valence-electron chi connectivity index (χ0n) is 13.4. The molecule has 3 N–H and O–H groups in total. The first-order valence-electron chi connectivity index (χ1n) is 8.05. The zero-order chi connectivity index (χ0) is 17.5. The lowest BCUT2D eigenvalue weighted by Gasteiger charge is -2.47. The van der Waals surface area contributed by atoms with Crippen molar-refractivity contribution in [3.05, 3.63) is 102 Å². The van der Waals surface area contributed by atoms with Crippen molar-refractivity contribution >= 4 is 11.6 Å². The summed E-state index contributed by atoms with van der Waals surface area (Å²) in [6.45, 7) is 0. The van der Waals surface area contributed by atoms with Gasteiger partial charge in [-0.05, 0) is 17.2 Å². The highest BCUT2D eigenvalue weighted by Crippen LogP contribution is 2.51. The first-order valence-corrected chi connectivity index (χ1v) is 8.05. The molecule has 124 valence electrons. The first kappa shape index (κ1) is 15.6. The highest BCUT2D eigenvalue weighted by molar-refractivity contribution is 6.03. The molecule has 0 radical (unpaired) electrons. The van der Waals surface area contributed by atoms with Gasteiger partial charge in [0.1, 0.15) is 0 Å². The van der Waals surface area contributed by atoms with Crippen LogP contribution in [-0.4, -0.2) is 16.1 Å². The Labute approximate surface area is 145 Å². The summed E-state index contributed by atoms with van der Waals surface area (Å²) in [5.74, 6) is -0.663. The van der Waals surface area contributed by atoms with Crippen LogP contribution in [0.15, 0.2) is 84.9 Å². The van der Waals surface area contributed by atoms with Gasteiger partial charge in [0, 0.05) is 11.3 Å². The molecule has 4 nitrogen and oxygen atoms in total. The van der Waals surface area contributed by atoms with Crippen LogP contribution < -0.4 is 5.32 Å². The van der Waals surface area contributed by atoms with E-state index in [4.69, 9.17) is 0 Å². The van der Waals surface area contributed by atoms with Crippen molar-refractivity contribution < 1.29 is 15.0 Å². The first-order chi connectivity index (χ1) is 12.1. The lowest BCUT2D eigenvalue weighted by Crippen LogP contribution is -2.60. The van der Waals surface area contributed by atoms with Crippen molar-refractivity contribution in [2.45, 2.75) is 11.2 Å². The van der Waals surface area contributed by atoms with E-state index in [1.54, 1.807) is 78.9 Å². The molecule has 0 aliphatic carbocycles. The molecule has 1 amide bonds. The van der Waals surface area contributed by atoms with Gasteiger partial charge in [-0.25, -0.2) is 0 Å². The molecule has 0 spiro atoms. The van der Waals surface area contributed by atoms with Gasteiger partial charge in [-0.3, -0.25) is 4.79 Å². The molecule has 3 aromatic carbocycles. The Hall–Kier alpha value is -2.95. The van der Waals surface area contributed by atoms with Crippen molar-refractivity contribution in [3.8, 4) is 0 Å². The second-order valence-electron chi connectivity index (χ2n) is 6.15. The number of rotatable bonds is 2. The van der Waals surface area contributed by atoms with Gasteiger partial charge in [0.05, 0.1) is 0 Å². The molecule has 0 aromatic heterocycles. The van der Waals surface area contributed by atoms with Crippen LogP contribution in [0, 0.1) is 0 Å². The highest BCUT2D eigenvalue weighted by atomic mass is 16.4. The number of anilines is 1. The molecule has 0 bridgehead atoms. The number of carbonyl (C=O) groups is 1. The van der Waals surface area contributed by atoms with E-state index in [0.717, 1.165) is 0 Å². The number of amides is 1. The van der Waals surface area contributed by atoms with Crippen LogP contribution in [-0.2, 0) is 16.0 Å².